The summed E-state index contributed by atoms with van der Waals surface area (Å²) in [4.78, 5) is 16.1. The van der Waals surface area contributed by atoms with Crippen LogP contribution in [0.5, 0.6) is 0 Å². The summed E-state index contributed by atoms with van der Waals surface area (Å²) in [7, 11) is 0. The SMILES string of the molecule is C[C@H](N[C@H](C)[C@H](C)n1cccn1)C(=O)N1CCc2sccc2C1. The molecule has 1 aliphatic rings. The van der Waals surface area contributed by atoms with Gasteiger partial charge in [-0.05, 0) is 50.3 Å². The minimum Gasteiger partial charge on any atom is -0.337 e. The van der Waals surface area contributed by atoms with Crippen LogP contribution in [0.3, 0.4) is 0 Å². The molecule has 1 amide bonds. The van der Waals surface area contributed by atoms with Gasteiger partial charge in [0, 0.05) is 36.4 Å². The summed E-state index contributed by atoms with van der Waals surface area (Å²) in [5, 5.41) is 9.83. The molecule has 0 aliphatic carbocycles. The zero-order chi connectivity index (χ0) is 16.4. The van der Waals surface area contributed by atoms with Crippen molar-refractivity contribution in [1.29, 1.82) is 0 Å². The van der Waals surface area contributed by atoms with Gasteiger partial charge in [0.15, 0.2) is 0 Å². The van der Waals surface area contributed by atoms with Crippen LogP contribution < -0.4 is 5.32 Å². The van der Waals surface area contributed by atoms with E-state index < -0.39 is 0 Å². The lowest BCUT2D eigenvalue weighted by molar-refractivity contribution is -0.134. The molecule has 0 saturated heterocycles. The molecule has 0 fully saturated rings. The molecule has 3 heterocycles. The molecule has 0 bridgehead atoms. The van der Waals surface area contributed by atoms with E-state index in [0.717, 1.165) is 19.5 Å². The number of thiophene rings is 1. The smallest absolute Gasteiger partial charge is 0.239 e. The van der Waals surface area contributed by atoms with Crippen molar-refractivity contribution in [1.82, 2.24) is 20.0 Å². The summed E-state index contributed by atoms with van der Waals surface area (Å²) in [6.07, 6.45) is 4.72. The van der Waals surface area contributed by atoms with E-state index in [4.69, 9.17) is 0 Å². The molecule has 3 rings (SSSR count). The number of hydrogen-bond donors (Lipinski definition) is 1. The van der Waals surface area contributed by atoms with Gasteiger partial charge in [0.25, 0.3) is 0 Å². The Hall–Kier alpha value is -1.66. The quantitative estimate of drug-likeness (QED) is 0.915. The highest BCUT2D eigenvalue weighted by atomic mass is 32.1. The molecule has 6 heteroatoms. The fraction of sp³-hybridized carbons (Fsp3) is 0.529. The number of carbonyl (C=O) groups is 1. The first-order valence-electron chi connectivity index (χ1n) is 8.15. The zero-order valence-corrected chi connectivity index (χ0v) is 14.7. The van der Waals surface area contributed by atoms with Crippen molar-refractivity contribution in [3.05, 3.63) is 40.3 Å². The predicted molar refractivity (Wildman–Crippen MR) is 92.4 cm³/mol. The first-order valence-corrected chi connectivity index (χ1v) is 9.03. The van der Waals surface area contributed by atoms with E-state index in [1.807, 2.05) is 28.8 Å². The Balaban J connectivity index is 1.57. The Morgan fingerprint density at radius 2 is 2.22 bits per heavy atom. The lowest BCUT2D eigenvalue weighted by Crippen LogP contribution is -2.50. The molecular formula is C17H24N4OS. The fourth-order valence-electron chi connectivity index (χ4n) is 3.07. The number of fused-ring (bicyclic) bond motifs is 1. The van der Waals surface area contributed by atoms with Gasteiger partial charge in [-0.3, -0.25) is 9.48 Å². The maximum atomic E-state index is 12.7. The maximum absolute atomic E-state index is 12.7. The third-order valence-electron chi connectivity index (χ3n) is 4.67. The summed E-state index contributed by atoms with van der Waals surface area (Å²) < 4.78 is 1.92. The number of amides is 1. The van der Waals surface area contributed by atoms with Gasteiger partial charge >= 0.3 is 0 Å². The Labute approximate surface area is 141 Å². The lowest BCUT2D eigenvalue weighted by atomic mass is 10.1. The van der Waals surface area contributed by atoms with Gasteiger partial charge in [0.05, 0.1) is 12.1 Å². The van der Waals surface area contributed by atoms with Crippen LogP contribution in [0.4, 0.5) is 0 Å². The van der Waals surface area contributed by atoms with Gasteiger partial charge in [-0.15, -0.1) is 11.3 Å². The number of rotatable bonds is 5. The van der Waals surface area contributed by atoms with Crippen molar-refractivity contribution in [2.45, 2.75) is 51.9 Å². The molecule has 0 unspecified atom stereocenters. The van der Waals surface area contributed by atoms with Gasteiger partial charge in [-0.2, -0.15) is 5.10 Å². The fourth-order valence-corrected chi connectivity index (χ4v) is 3.96. The van der Waals surface area contributed by atoms with Gasteiger partial charge in [0.2, 0.25) is 5.91 Å². The monoisotopic (exact) mass is 332 g/mol. The summed E-state index contributed by atoms with van der Waals surface area (Å²) >= 11 is 1.80. The minimum atomic E-state index is -0.191. The third kappa shape index (κ3) is 3.48. The first kappa shape index (κ1) is 16.2. The standard InChI is InChI=1S/C17H24N4OS/c1-12(14(3)21-8-4-7-18-21)19-13(2)17(22)20-9-5-16-15(11-20)6-10-23-16/h4,6-8,10,12-14,19H,5,9,11H2,1-3H3/t12-,13+,14+/m1/s1. The molecule has 3 atom stereocenters. The van der Waals surface area contributed by atoms with Crippen LogP contribution >= 0.6 is 11.3 Å². The van der Waals surface area contributed by atoms with Crippen LogP contribution in [-0.4, -0.2) is 39.2 Å². The highest BCUT2D eigenvalue weighted by Crippen LogP contribution is 2.24. The van der Waals surface area contributed by atoms with Crippen LogP contribution in [0, 0.1) is 0 Å². The molecule has 23 heavy (non-hydrogen) atoms. The Bertz CT molecular complexity index is 651. The molecular weight excluding hydrogens is 308 g/mol. The van der Waals surface area contributed by atoms with Crippen molar-refractivity contribution in [3.8, 4) is 0 Å². The third-order valence-corrected chi connectivity index (χ3v) is 5.69. The Morgan fingerprint density at radius 3 is 2.96 bits per heavy atom. The Morgan fingerprint density at radius 1 is 1.39 bits per heavy atom. The molecule has 124 valence electrons. The van der Waals surface area contributed by atoms with Gasteiger partial charge < -0.3 is 10.2 Å². The average Bonchev–Trinajstić information content (AvgIpc) is 3.23. The van der Waals surface area contributed by atoms with Crippen LogP contribution in [0.25, 0.3) is 0 Å². The molecule has 0 aromatic carbocycles. The number of carbonyl (C=O) groups excluding carboxylic acids is 1. The van der Waals surface area contributed by atoms with E-state index in [0.29, 0.717) is 0 Å². The molecule has 5 nitrogen and oxygen atoms in total. The summed E-state index contributed by atoms with van der Waals surface area (Å²) in [6, 6.07) is 4.23. The summed E-state index contributed by atoms with van der Waals surface area (Å²) in [5.41, 5.74) is 1.31. The molecule has 0 saturated carbocycles. The maximum Gasteiger partial charge on any atom is 0.239 e. The second-order valence-electron chi connectivity index (χ2n) is 6.28. The van der Waals surface area contributed by atoms with Crippen molar-refractivity contribution >= 4 is 17.2 Å². The van der Waals surface area contributed by atoms with E-state index >= 15 is 0 Å². The molecule has 1 N–H and O–H groups in total. The van der Waals surface area contributed by atoms with Gasteiger partial charge in [-0.1, -0.05) is 0 Å². The largest absolute Gasteiger partial charge is 0.337 e. The van der Waals surface area contributed by atoms with E-state index in [9.17, 15) is 4.79 Å². The van der Waals surface area contributed by atoms with E-state index in [2.05, 4.69) is 35.7 Å². The molecule has 2 aromatic rings. The number of aromatic nitrogens is 2. The Kier molecular flexibility index (Phi) is 4.82. The highest BCUT2D eigenvalue weighted by Gasteiger charge is 2.27. The van der Waals surface area contributed by atoms with Crippen LogP contribution in [-0.2, 0) is 17.8 Å². The van der Waals surface area contributed by atoms with Crippen molar-refractivity contribution in [2.75, 3.05) is 6.54 Å². The van der Waals surface area contributed by atoms with Gasteiger partial charge in [0.1, 0.15) is 0 Å². The second-order valence-corrected chi connectivity index (χ2v) is 7.28. The lowest BCUT2D eigenvalue weighted by Gasteiger charge is -2.32. The van der Waals surface area contributed by atoms with Crippen LogP contribution in [0.2, 0.25) is 0 Å². The highest BCUT2D eigenvalue weighted by molar-refractivity contribution is 7.10. The van der Waals surface area contributed by atoms with Gasteiger partial charge in [-0.25, -0.2) is 0 Å². The zero-order valence-electron chi connectivity index (χ0n) is 13.9. The summed E-state index contributed by atoms with van der Waals surface area (Å²) in [6.45, 7) is 7.73. The van der Waals surface area contributed by atoms with Crippen molar-refractivity contribution in [2.24, 2.45) is 0 Å². The number of hydrogen-bond acceptors (Lipinski definition) is 4. The number of nitrogens with zero attached hydrogens (tertiary/aromatic N) is 3. The first-order chi connectivity index (χ1) is 11.1. The molecule has 0 spiro atoms. The van der Waals surface area contributed by atoms with E-state index in [1.165, 1.54) is 10.4 Å². The van der Waals surface area contributed by atoms with E-state index in [-0.39, 0.29) is 24.0 Å². The normalized spacial score (nSPS) is 18.3. The van der Waals surface area contributed by atoms with Crippen LogP contribution in [0.15, 0.2) is 29.9 Å². The predicted octanol–water partition coefficient (Wildman–Crippen LogP) is 2.46. The molecule has 2 aromatic heterocycles. The minimum absolute atomic E-state index is 0.162. The van der Waals surface area contributed by atoms with Crippen molar-refractivity contribution < 1.29 is 4.79 Å². The number of nitrogens with one attached hydrogen (secondary N) is 1. The molecule has 1 aliphatic heterocycles. The molecule has 0 radical (unpaired) electrons. The topological polar surface area (TPSA) is 50.2 Å². The van der Waals surface area contributed by atoms with E-state index in [1.54, 1.807) is 17.5 Å². The summed E-state index contributed by atoms with van der Waals surface area (Å²) in [5.74, 6) is 0.182. The van der Waals surface area contributed by atoms with Crippen molar-refractivity contribution in [3.63, 3.8) is 0 Å². The second kappa shape index (κ2) is 6.84. The average molecular weight is 332 g/mol. The van der Waals surface area contributed by atoms with Crippen LogP contribution in [0.1, 0.15) is 37.3 Å².